The molecular weight excluding hydrogens is 644 g/mol. The first-order chi connectivity index (χ1) is 24.8. The SMILES string of the molecule is CC/C=C\C/C=C\C/C=C\C(CCCCCCC(=O)NCC(=O)NC(CO)C(=O)O)OC(=O)CCCCCCC/C=C\CCCCCCCCC. The second-order valence-corrected chi connectivity index (χ2v) is 13.3. The zero-order valence-corrected chi connectivity index (χ0v) is 32.1. The van der Waals surface area contributed by atoms with Crippen LogP contribution in [0.2, 0.25) is 0 Å². The van der Waals surface area contributed by atoms with Gasteiger partial charge >= 0.3 is 11.9 Å². The standard InChI is InChI=1S/C42H72N2O7/c1-3-5-7-9-11-13-14-15-16-17-18-19-20-22-24-30-34-41(48)51-37(31-27-23-21-12-10-8-6-4-2)32-28-25-26-29-33-39(46)43-35-40(47)44-38(36-45)42(49)50/h6,8,12,16-17,21,27,31,37-38,45H,3-5,7,9-11,13-15,18-20,22-26,28-30,32-36H2,1-2H3,(H,43,46)(H,44,47)(H,49,50)/b8-6-,17-16-,21-12-,31-27-. The van der Waals surface area contributed by atoms with Gasteiger partial charge in [0.25, 0.3) is 0 Å². The average molecular weight is 717 g/mol. The van der Waals surface area contributed by atoms with Crippen molar-refractivity contribution in [2.24, 2.45) is 0 Å². The summed E-state index contributed by atoms with van der Waals surface area (Å²) < 4.78 is 5.86. The van der Waals surface area contributed by atoms with Crippen LogP contribution in [0, 0.1) is 0 Å². The first-order valence-electron chi connectivity index (χ1n) is 20.0. The molecule has 51 heavy (non-hydrogen) atoms. The predicted molar refractivity (Wildman–Crippen MR) is 208 cm³/mol. The molecule has 0 heterocycles. The minimum atomic E-state index is -1.39. The molecule has 0 fully saturated rings. The Morgan fingerprint density at radius 3 is 1.78 bits per heavy atom. The van der Waals surface area contributed by atoms with Gasteiger partial charge in [0.1, 0.15) is 12.1 Å². The molecule has 9 nitrogen and oxygen atoms in total. The van der Waals surface area contributed by atoms with Crippen LogP contribution in [0.4, 0.5) is 0 Å². The van der Waals surface area contributed by atoms with Crippen LogP contribution in [0.5, 0.6) is 0 Å². The molecular formula is C42H72N2O7. The summed E-state index contributed by atoms with van der Waals surface area (Å²) in [6, 6.07) is -1.39. The highest BCUT2D eigenvalue weighted by Gasteiger charge is 2.18. The molecule has 9 heteroatoms. The van der Waals surface area contributed by atoms with Gasteiger partial charge in [0.2, 0.25) is 11.8 Å². The Balaban J connectivity index is 4.32. The second-order valence-electron chi connectivity index (χ2n) is 13.3. The number of allylic oxidation sites excluding steroid dienone is 7. The number of aliphatic hydroxyl groups is 1. The summed E-state index contributed by atoms with van der Waals surface area (Å²) >= 11 is 0. The van der Waals surface area contributed by atoms with Crippen LogP contribution in [0.15, 0.2) is 48.6 Å². The summed E-state index contributed by atoms with van der Waals surface area (Å²) in [6.07, 6.45) is 41.6. The quantitative estimate of drug-likeness (QED) is 0.0291. The number of esters is 1. The molecule has 0 saturated heterocycles. The van der Waals surface area contributed by atoms with Crippen molar-refractivity contribution in [1.82, 2.24) is 10.6 Å². The summed E-state index contributed by atoms with van der Waals surface area (Å²) in [5.41, 5.74) is 0. The van der Waals surface area contributed by atoms with E-state index in [-0.39, 0.29) is 30.9 Å². The third-order valence-corrected chi connectivity index (χ3v) is 8.54. The van der Waals surface area contributed by atoms with Crippen LogP contribution >= 0.6 is 0 Å². The fourth-order valence-corrected chi connectivity index (χ4v) is 5.46. The monoisotopic (exact) mass is 717 g/mol. The number of carbonyl (C=O) groups is 4. The molecule has 0 spiro atoms. The molecule has 0 aliphatic heterocycles. The first kappa shape index (κ1) is 47.8. The molecule has 2 amide bonds. The molecule has 0 bridgehead atoms. The number of rotatable bonds is 35. The average Bonchev–Trinajstić information content (AvgIpc) is 3.11. The summed E-state index contributed by atoms with van der Waals surface area (Å²) in [5, 5.41) is 22.5. The largest absolute Gasteiger partial charge is 0.480 e. The van der Waals surface area contributed by atoms with Crippen molar-refractivity contribution in [3.05, 3.63) is 48.6 Å². The fourth-order valence-electron chi connectivity index (χ4n) is 5.46. The lowest BCUT2D eigenvalue weighted by molar-refractivity contribution is -0.147. The lowest BCUT2D eigenvalue weighted by atomic mass is 10.1. The van der Waals surface area contributed by atoms with E-state index >= 15 is 0 Å². The van der Waals surface area contributed by atoms with Gasteiger partial charge < -0.3 is 25.6 Å². The highest BCUT2D eigenvalue weighted by molar-refractivity contribution is 5.87. The molecule has 0 radical (unpaired) electrons. The van der Waals surface area contributed by atoms with E-state index in [4.69, 9.17) is 14.9 Å². The summed E-state index contributed by atoms with van der Waals surface area (Å²) in [5.74, 6) is -2.45. The number of unbranched alkanes of at least 4 members (excludes halogenated alkanes) is 15. The third-order valence-electron chi connectivity index (χ3n) is 8.54. The Morgan fingerprint density at radius 2 is 1.18 bits per heavy atom. The summed E-state index contributed by atoms with van der Waals surface area (Å²) in [6.45, 7) is 3.31. The van der Waals surface area contributed by atoms with E-state index in [0.29, 0.717) is 12.8 Å². The Hall–Kier alpha value is -3.20. The number of amides is 2. The second kappa shape index (κ2) is 36.6. The van der Waals surface area contributed by atoms with Gasteiger partial charge in [0.15, 0.2) is 0 Å². The van der Waals surface area contributed by atoms with Crippen LogP contribution in [0.25, 0.3) is 0 Å². The zero-order chi connectivity index (χ0) is 37.6. The number of nitrogens with one attached hydrogen (secondary N) is 2. The van der Waals surface area contributed by atoms with E-state index < -0.39 is 24.5 Å². The molecule has 0 aromatic rings. The topological polar surface area (TPSA) is 142 Å². The smallest absolute Gasteiger partial charge is 0.328 e. The van der Waals surface area contributed by atoms with E-state index in [2.05, 4.69) is 67.0 Å². The summed E-state index contributed by atoms with van der Waals surface area (Å²) in [7, 11) is 0. The van der Waals surface area contributed by atoms with Gasteiger partial charge in [-0.15, -0.1) is 0 Å². The highest BCUT2D eigenvalue weighted by Crippen LogP contribution is 2.15. The lowest BCUT2D eigenvalue weighted by Crippen LogP contribution is -2.47. The minimum Gasteiger partial charge on any atom is -0.480 e. The number of carbonyl (C=O) groups excluding carboxylic acids is 3. The van der Waals surface area contributed by atoms with Crippen molar-refractivity contribution >= 4 is 23.8 Å². The van der Waals surface area contributed by atoms with E-state index in [1.54, 1.807) is 0 Å². The van der Waals surface area contributed by atoms with Crippen molar-refractivity contribution < 1.29 is 34.1 Å². The van der Waals surface area contributed by atoms with Gasteiger partial charge in [0.05, 0.1) is 13.2 Å². The Kier molecular flexibility index (Phi) is 34.3. The van der Waals surface area contributed by atoms with Crippen LogP contribution in [0.3, 0.4) is 0 Å². The van der Waals surface area contributed by atoms with Gasteiger partial charge in [-0.25, -0.2) is 4.79 Å². The third kappa shape index (κ3) is 33.7. The number of aliphatic hydroxyl groups excluding tert-OH is 1. The van der Waals surface area contributed by atoms with Crippen LogP contribution in [-0.2, 0) is 23.9 Å². The van der Waals surface area contributed by atoms with Gasteiger partial charge in [-0.05, 0) is 76.7 Å². The zero-order valence-electron chi connectivity index (χ0n) is 32.1. The van der Waals surface area contributed by atoms with Gasteiger partial charge in [-0.2, -0.15) is 0 Å². The number of hydrogen-bond acceptors (Lipinski definition) is 6. The van der Waals surface area contributed by atoms with Gasteiger partial charge in [0, 0.05) is 12.8 Å². The van der Waals surface area contributed by atoms with E-state index in [0.717, 1.165) is 70.6 Å². The predicted octanol–water partition coefficient (Wildman–Crippen LogP) is 9.20. The normalized spacial score (nSPS) is 13.0. The lowest BCUT2D eigenvalue weighted by Gasteiger charge is -2.15. The van der Waals surface area contributed by atoms with Crippen molar-refractivity contribution in [3.8, 4) is 0 Å². The van der Waals surface area contributed by atoms with Crippen molar-refractivity contribution in [3.63, 3.8) is 0 Å². The number of ether oxygens (including phenoxy) is 1. The molecule has 0 aliphatic rings. The molecule has 0 saturated carbocycles. The van der Waals surface area contributed by atoms with Crippen LogP contribution < -0.4 is 10.6 Å². The molecule has 292 valence electrons. The molecule has 2 atom stereocenters. The molecule has 0 aromatic heterocycles. The highest BCUT2D eigenvalue weighted by atomic mass is 16.5. The van der Waals surface area contributed by atoms with Crippen molar-refractivity contribution in [1.29, 1.82) is 0 Å². The molecule has 0 aromatic carbocycles. The number of carboxylic acids is 1. The van der Waals surface area contributed by atoms with E-state index in [1.165, 1.54) is 64.2 Å². The Labute approximate surface area is 309 Å². The molecule has 4 N–H and O–H groups in total. The maximum Gasteiger partial charge on any atom is 0.328 e. The maximum atomic E-state index is 12.7. The molecule has 0 rings (SSSR count). The molecule has 2 unspecified atom stereocenters. The van der Waals surface area contributed by atoms with E-state index in [9.17, 15) is 19.2 Å². The first-order valence-corrected chi connectivity index (χ1v) is 20.0. The number of aliphatic carboxylic acids is 1. The van der Waals surface area contributed by atoms with E-state index in [1.807, 2.05) is 6.08 Å². The van der Waals surface area contributed by atoms with Crippen LogP contribution in [0.1, 0.15) is 168 Å². The van der Waals surface area contributed by atoms with Crippen molar-refractivity contribution in [2.45, 2.75) is 180 Å². The Bertz CT molecular complexity index is 1010. The fraction of sp³-hybridized carbons (Fsp3) is 0.714. The van der Waals surface area contributed by atoms with Crippen molar-refractivity contribution in [2.75, 3.05) is 13.2 Å². The van der Waals surface area contributed by atoms with Crippen LogP contribution in [-0.4, -0.2) is 59.3 Å². The summed E-state index contributed by atoms with van der Waals surface area (Å²) in [4.78, 5) is 47.4. The minimum absolute atomic E-state index is 0.146. The number of hydrogen-bond donors (Lipinski definition) is 4. The number of carboxylic acid groups (broad SMARTS) is 1. The maximum absolute atomic E-state index is 12.7. The Morgan fingerprint density at radius 1 is 0.627 bits per heavy atom. The van der Waals surface area contributed by atoms with Gasteiger partial charge in [-0.3, -0.25) is 14.4 Å². The molecule has 0 aliphatic carbocycles. The van der Waals surface area contributed by atoms with Gasteiger partial charge in [-0.1, -0.05) is 127 Å².